The highest BCUT2D eigenvalue weighted by molar-refractivity contribution is 5.92. The maximum atomic E-state index is 12.2. The van der Waals surface area contributed by atoms with E-state index in [1.54, 1.807) is 6.07 Å². The zero-order valence-corrected chi connectivity index (χ0v) is 13.1. The van der Waals surface area contributed by atoms with Crippen LogP contribution in [0.25, 0.3) is 0 Å². The predicted molar refractivity (Wildman–Crippen MR) is 85.1 cm³/mol. The van der Waals surface area contributed by atoms with Crippen LogP contribution in [0.5, 0.6) is 11.5 Å². The molecular weight excluding hydrogens is 361 g/mol. The maximum Gasteiger partial charge on any atom is 0.573 e. The molecule has 0 amide bonds. The molecule has 0 aliphatic heterocycles. The van der Waals surface area contributed by atoms with Gasteiger partial charge < -0.3 is 20.5 Å². The van der Waals surface area contributed by atoms with E-state index < -0.39 is 13.0 Å². The first-order valence-electron chi connectivity index (χ1n) is 7.18. The number of nitrogens with one attached hydrogen (secondary N) is 1. The third kappa shape index (κ3) is 6.83. The molecule has 140 valence electrons. The van der Waals surface area contributed by atoms with E-state index in [0.29, 0.717) is 11.3 Å². The lowest BCUT2D eigenvalue weighted by Crippen LogP contribution is -2.22. The van der Waals surface area contributed by atoms with Gasteiger partial charge in [-0.2, -0.15) is 8.78 Å². The van der Waals surface area contributed by atoms with Crippen molar-refractivity contribution in [1.82, 2.24) is 0 Å². The van der Waals surface area contributed by atoms with Crippen molar-refractivity contribution in [2.75, 3.05) is 5.32 Å². The summed E-state index contributed by atoms with van der Waals surface area (Å²) in [5.74, 6) is -0.372. The number of hydrogen-bond acceptors (Lipinski definition) is 3. The summed E-state index contributed by atoms with van der Waals surface area (Å²) in [5.41, 5.74) is 6.67. The number of benzene rings is 2. The number of guanidine groups is 1. The molecule has 0 fully saturated rings. The Morgan fingerprint density at radius 2 is 1.77 bits per heavy atom. The van der Waals surface area contributed by atoms with Gasteiger partial charge in [-0.3, -0.25) is 0 Å². The first kappa shape index (κ1) is 19.3. The SMILES string of the molecule is NC(=NCc1cccc(OC(F)F)c1)Nc1ccc(OC(F)(F)F)cc1. The average Bonchev–Trinajstić information content (AvgIpc) is 2.53. The highest BCUT2D eigenvalue weighted by Crippen LogP contribution is 2.24. The highest BCUT2D eigenvalue weighted by atomic mass is 19.4. The van der Waals surface area contributed by atoms with Crippen LogP contribution in [-0.2, 0) is 6.54 Å². The van der Waals surface area contributed by atoms with Crippen molar-refractivity contribution in [2.45, 2.75) is 19.5 Å². The molecule has 10 heteroatoms. The number of nitrogens with zero attached hydrogens (tertiary/aromatic N) is 1. The molecule has 2 rings (SSSR count). The van der Waals surface area contributed by atoms with Crippen molar-refractivity contribution in [1.29, 1.82) is 0 Å². The fourth-order valence-corrected chi connectivity index (χ4v) is 1.92. The molecule has 0 saturated carbocycles. The van der Waals surface area contributed by atoms with E-state index in [1.165, 1.54) is 30.3 Å². The normalized spacial score (nSPS) is 12.2. The predicted octanol–water partition coefficient (Wildman–Crippen LogP) is 4.11. The Hall–Kier alpha value is -3.04. The van der Waals surface area contributed by atoms with Gasteiger partial charge in [0.25, 0.3) is 0 Å². The fourth-order valence-electron chi connectivity index (χ4n) is 1.92. The van der Waals surface area contributed by atoms with Gasteiger partial charge in [0.15, 0.2) is 5.96 Å². The van der Waals surface area contributed by atoms with Gasteiger partial charge in [0.1, 0.15) is 11.5 Å². The van der Waals surface area contributed by atoms with E-state index in [-0.39, 0.29) is 24.0 Å². The summed E-state index contributed by atoms with van der Waals surface area (Å²) in [4.78, 5) is 4.02. The van der Waals surface area contributed by atoms with Crippen LogP contribution < -0.4 is 20.5 Å². The standard InChI is InChI=1S/C16H14F5N3O2/c17-14(18)25-13-3-1-2-10(8-13)9-23-15(22)24-11-4-6-12(7-5-11)26-16(19,20)21/h1-8,14H,9H2,(H3,22,23,24). The Balaban J connectivity index is 1.94. The zero-order chi connectivity index (χ0) is 19.2. The van der Waals surface area contributed by atoms with Crippen molar-refractivity contribution < 1.29 is 31.4 Å². The molecule has 3 N–H and O–H groups in total. The molecule has 2 aromatic rings. The Morgan fingerprint density at radius 3 is 2.38 bits per heavy atom. The van der Waals surface area contributed by atoms with Gasteiger partial charge in [-0.1, -0.05) is 12.1 Å². The van der Waals surface area contributed by atoms with E-state index in [2.05, 4.69) is 19.8 Å². The first-order valence-corrected chi connectivity index (χ1v) is 7.18. The third-order valence-corrected chi connectivity index (χ3v) is 2.92. The maximum absolute atomic E-state index is 12.2. The van der Waals surface area contributed by atoms with E-state index in [1.807, 2.05) is 0 Å². The van der Waals surface area contributed by atoms with Gasteiger partial charge >= 0.3 is 13.0 Å². The van der Waals surface area contributed by atoms with Gasteiger partial charge in [0.2, 0.25) is 0 Å². The molecule has 0 heterocycles. The second-order valence-corrected chi connectivity index (χ2v) is 4.92. The van der Waals surface area contributed by atoms with Crippen molar-refractivity contribution in [3.8, 4) is 11.5 Å². The summed E-state index contributed by atoms with van der Waals surface area (Å²) in [6.07, 6.45) is -4.77. The molecule has 0 saturated heterocycles. The summed E-state index contributed by atoms with van der Waals surface area (Å²) in [7, 11) is 0. The van der Waals surface area contributed by atoms with E-state index >= 15 is 0 Å². The summed E-state index contributed by atoms with van der Waals surface area (Å²) in [5, 5.41) is 2.69. The summed E-state index contributed by atoms with van der Waals surface area (Å²) < 4.78 is 68.6. The molecule has 26 heavy (non-hydrogen) atoms. The number of ether oxygens (including phenoxy) is 2. The number of alkyl halides is 5. The molecule has 0 aliphatic rings. The Morgan fingerprint density at radius 1 is 1.08 bits per heavy atom. The summed E-state index contributed by atoms with van der Waals surface area (Å²) in [6.45, 7) is -2.83. The average molecular weight is 375 g/mol. The largest absolute Gasteiger partial charge is 0.573 e. The van der Waals surface area contributed by atoms with Gasteiger partial charge in [0, 0.05) is 5.69 Å². The van der Waals surface area contributed by atoms with E-state index in [4.69, 9.17) is 5.73 Å². The number of halogens is 5. The fraction of sp³-hybridized carbons (Fsp3) is 0.188. The van der Waals surface area contributed by atoms with Gasteiger partial charge in [0.05, 0.1) is 6.54 Å². The van der Waals surface area contributed by atoms with Crippen LogP contribution in [0.4, 0.5) is 27.6 Å². The second kappa shape index (κ2) is 8.37. The van der Waals surface area contributed by atoms with Crippen LogP contribution in [0.3, 0.4) is 0 Å². The lowest BCUT2D eigenvalue weighted by molar-refractivity contribution is -0.274. The van der Waals surface area contributed by atoms with Gasteiger partial charge in [-0.25, -0.2) is 4.99 Å². The van der Waals surface area contributed by atoms with Crippen molar-refractivity contribution in [3.05, 3.63) is 54.1 Å². The lowest BCUT2D eigenvalue weighted by Gasteiger charge is -2.10. The summed E-state index contributed by atoms with van der Waals surface area (Å²) >= 11 is 0. The topological polar surface area (TPSA) is 68.9 Å². The quantitative estimate of drug-likeness (QED) is 0.453. The van der Waals surface area contributed by atoms with E-state index in [9.17, 15) is 22.0 Å². The number of rotatable bonds is 6. The van der Waals surface area contributed by atoms with Crippen LogP contribution in [0, 0.1) is 0 Å². The zero-order valence-electron chi connectivity index (χ0n) is 13.1. The molecule has 0 atom stereocenters. The van der Waals surface area contributed by atoms with Crippen molar-refractivity contribution >= 4 is 11.6 Å². The van der Waals surface area contributed by atoms with Crippen LogP contribution in [-0.4, -0.2) is 18.9 Å². The minimum absolute atomic E-state index is 0.000478. The Bertz CT molecular complexity index is 748. The minimum atomic E-state index is -4.77. The van der Waals surface area contributed by atoms with Crippen molar-refractivity contribution in [2.24, 2.45) is 10.7 Å². The molecule has 0 spiro atoms. The monoisotopic (exact) mass is 375 g/mol. The molecule has 5 nitrogen and oxygen atoms in total. The Labute approximate surface area is 145 Å². The van der Waals surface area contributed by atoms with Gasteiger partial charge in [-0.05, 0) is 42.0 Å². The van der Waals surface area contributed by atoms with Crippen LogP contribution >= 0.6 is 0 Å². The molecule has 0 bridgehead atoms. The molecule has 0 radical (unpaired) electrons. The highest BCUT2D eigenvalue weighted by Gasteiger charge is 2.30. The first-order chi connectivity index (χ1) is 12.2. The molecular formula is C16H14F5N3O2. The van der Waals surface area contributed by atoms with Crippen LogP contribution in [0.15, 0.2) is 53.5 Å². The van der Waals surface area contributed by atoms with Crippen molar-refractivity contribution in [3.63, 3.8) is 0 Å². The molecule has 2 aromatic carbocycles. The van der Waals surface area contributed by atoms with Crippen LogP contribution in [0.2, 0.25) is 0 Å². The number of anilines is 1. The Kier molecular flexibility index (Phi) is 6.21. The van der Waals surface area contributed by atoms with Crippen LogP contribution in [0.1, 0.15) is 5.56 Å². The number of aliphatic imine (C=N–C) groups is 1. The lowest BCUT2D eigenvalue weighted by atomic mass is 10.2. The molecule has 0 aromatic heterocycles. The smallest absolute Gasteiger partial charge is 0.435 e. The third-order valence-electron chi connectivity index (χ3n) is 2.92. The molecule has 0 aliphatic carbocycles. The summed E-state index contributed by atoms with van der Waals surface area (Å²) in [6, 6.07) is 10.9. The minimum Gasteiger partial charge on any atom is -0.435 e. The second-order valence-electron chi connectivity index (χ2n) is 4.92. The van der Waals surface area contributed by atoms with E-state index in [0.717, 1.165) is 12.1 Å². The number of hydrogen-bond donors (Lipinski definition) is 2. The number of nitrogens with two attached hydrogens (primary N) is 1. The van der Waals surface area contributed by atoms with Gasteiger partial charge in [-0.15, -0.1) is 13.2 Å². The molecule has 0 unspecified atom stereocenters.